The van der Waals surface area contributed by atoms with E-state index in [1.54, 1.807) is 0 Å². The Balaban J connectivity index is 2.12. The molecule has 1 N–H and O–H groups in total. The van der Waals surface area contributed by atoms with Crippen LogP contribution in [0.5, 0.6) is 0 Å². The van der Waals surface area contributed by atoms with Crippen LogP contribution in [0.15, 0.2) is 23.7 Å². The zero-order valence-corrected chi connectivity index (χ0v) is 13.7. The van der Waals surface area contributed by atoms with Gasteiger partial charge in [-0.2, -0.15) is 5.10 Å². The molecule has 1 unspecified atom stereocenters. The van der Waals surface area contributed by atoms with Gasteiger partial charge in [0.05, 0.1) is 5.69 Å². The van der Waals surface area contributed by atoms with E-state index in [2.05, 4.69) is 61.8 Å². The van der Waals surface area contributed by atoms with Gasteiger partial charge in [-0.15, -0.1) is 11.3 Å². The molecule has 0 amide bonds. The Bertz CT molecular complexity index is 527. The molecule has 0 bridgehead atoms. The first kappa shape index (κ1) is 15.3. The number of nitrogens with one attached hydrogen (secondary N) is 1. The molecule has 0 aliphatic carbocycles. The van der Waals surface area contributed by atoms with Gasteiger partial charge < -0.3 is 5.32 Å². The van der Waals surface area contributed by atoms with E-state index in [0.717, 1.165) is 19.4 Å². The Morgan fingerprint density at radius 3 is 2.70 bits per heavy atom. The van der Waals surface area contributed by atoms with Gasteiger partial charge >= 0.3 is 0 Å². The summed E-state index contributed by atoms with van der Waals surface area (Å²) < 4.78 is 2.04. The van der Waals surface area contributed by atoms with Crippen LogP contribution in [0.25, 0.3) is 0 Å². The Kier molecular flexibility index (Phi) is 5.38. The van der Waals surface area contributed by atoms with Gasteiger partial charge in [-0.1, -0.05) is 6.92 Å². The van der Waals surface area contributed by atoms with E-state index in [0.29, 0.717) is 12.1 Å². The smallest absolute Gasteiger partial charge is 0.0644 e. The monoisotopic (exact) mass is 291 g/mol. The average Bonchev–Trinajstić information content (AvgIpc) is 3.03. The van der Waals surface area contributed by atoms with E-state index in [4.69, 9.17) is 0 Å². The fourth-order valence-corrected chi connectivity index (χ4v) is 3.30. The zero-order chi connectivity index (χ0) is 14.5. The van der Waals surface area contributed by atoms with Crippen molar-refractivity contribution in [3.8, 4) is 0 Å². The van der Waals surface area contributed by atoms with E-state index < -0.39 is 0 Å². The quantitative estimate of drug-likeness (QED) is 0.831. The van der Waals surface area contributed by atoms with Gasteiger partial charge in [-0.05, 0) is 56.8 Å². The van der Waals surface area contributed by atoms with Crippen LogP contribution in [0.4, 0.5) is 0 Å². The van der Waals surface area contributed by atoms with Gasteiger partial charge in [-0.3, -0.25) is 4.68 Å². The Hall–Kier alpha value is -1.13. The van der Waals surface area contributed by atoms with Crippen LogP contribution in [0.3, 0.4) is 0 Å². The highest BCUT2D eigenvalue weighted by Crippen LogP contribution is 2.26. The van der Waals surface area contributed by atoms with Crippen molar-refractivity contribution in [1.29, 1.82) is 0 Å². The van der Waals surface area contributed by atoms with Crippen molar-refractivity contribution >= 4 is 11.3 Å². The van der Waals surface area contributed by atoms with Gasteiger partial charge in [0.15, 0.2) is 0 Å². The molecule has 2 rings (SSSR count). The molecule has 0 fully saturated rings. The Morgan fingerprint density at radius 2 is 2.15 bits per heavy atom. The molecule has 2 aromatic rings. The summed E-state index contributed by atoms with van der Waals surface area (Å²) in [5, 5.41) is 10.5. The molecular weight excluding hydrogens is 266 g/mol. The number of hydrogen-bond acceptors (Lipinski definition) is 3. The summed E-state index contributed by atoms with van der Waals surface area (Å²) >= 11 is 1.84. The second-order valence-electron chi connectivity index (χ2n) is 5.56. The first-order valence-corrected chi connectivity index (χ1v) is 8.31. The molecule has 4 heteroatoms. The minimum Gasteiger partial charge on any atom is -0.309 e. The summed E-state index contributed by atoms with van der Waals surface area (Å²) in [6.07, 6.45) is 4.20. The summed E-state index contributed by atoms with van der Waals surface area (Å²) in [6, 6.07) is 5.15. The second-order valence-corrected chi connectivity index (χ2v) is 6.51. The number of rotatable bonds is 7. The van der Waals surface area contributed by atoms with Crippen LogP contribution in [0, 0.1) is 6.92 Å². The first-order chi connectivity index (χ1) is 9.61. The highest BCUT2D eigenvalue weighted by atomic mass is 32.1. The van der Waals surface area contributed by atoms with Gasteiger partial charge in [0.1, 0.15) is 0 Å². The molecule has 3 nitrogen and oxygen atoms in total. The predicted molar refractivity (Wildman–Crippen MR) is 86.4 cm³/mol. The first-order valence-electron chi connectivity index (χ1n) is 7.43. The Labute approximate surface area is 126 Å². The summed E-state index contributed by atoms with van der Waals surface area (Å²) in [5.41, 5.74) is 2.55. The zero-order valence-electron chi connectivity index (χ0n) is 12.9. The predicted octanol–water partition coefficient (Wildman–Crippen LogP) is 4.12. The van der Waals surface area contributed by atoms with Crippen molar-refractivity contribution in [2.45, 2.75) is 52.6 Å². The normalized spacial score (nSPS) is 13.1. The molecule has 1 atom stereocenters. The van der Waals surface area contributed by atoms with Crippen LogP contribution in [0.2, 0.25) is 0 Å². The van der Waals surface area contributed by atoms with Gasteiger partial charge in [0.2, 0.25) is 0 Å². The number of thiophene rings is 1. The number of aromatic nitrogens is 2. The summed E-state index contributed by atoms with van der Waals surface area (Å²) in [5.74, 6) is 0. The average molecular weight is 291 g/mol. The van der Waals surface area contributed by atoms with E-state index in [-0.39, 0.29) is 0 Å². The molecule has 0 saturated carbocycles. The number of nitrogens with zero attached hydrogens (tertiary/aromatic N) is 2. The highest BCUT2D eigenvalue weighted by molar-refractivity contribution is 7.10. The molecule has 0 aliphatic rings. The molecule has 0 aliphatic heterocycles. The van der Waals surface area contributed by atoms with Crippen molar-refractivity contribution < 1.29 is 0 Å². The van der Waals surface area contributed by atoms with Crippen LogP contribution >= 0.6 is 11.3 Å². The lowest BCUT2D eigenvalue weighted by Crippen LogP contribution is -2.24. The van der Waals surface area contributed by atoms with E-state index in [9.17, 15) is 0 Å². The standard InChI is InChI=1S/C16H25N3S/c1-5-8-17-15(16-13(4)7-10-20-16)11-14-6-9-19(18-14)12(2)3/h6-7,9-10,12,15,17H,5,8,11H2,1-4H3. The summed E-state index contributed by atoms with van der Waals surface area (Å²) in [4.78, 5) is 1.44. The van der Waals surface area contributed by atoms with Gasteiger partial charge in [-0.25, -0.2) is 0 Å². The molecule has 0 aromatic carbocycles. The number of hydrogen-bond donors (Lipinski definition) is 1. The fraction of sp³-hybridized carbons (Fsp3) is 0.562. The summed E-state index contributed by atoms with van der Waals surface area (Å²) in [6.45, 7) is 9.77. The third kappa shape index (κ3) is 3.70. The summed E-state index contributed by atoms with van der Waals surface area (Å²) in [7, 11) is 0. The third-order valence-corrected chi connectivity index (χ3v) is 4.60. The molecule has 0 radical (unpaired) electrons. The van der Waals surface area contributed by atoms with Gasteiger partial charge in [0, 0.05) is 29.6 Å². The largest absolute Gasteiger partial charge is 0.309 e. The maximum absolute atomic E-state index is 4.68. The molecule has 20 heavy (non-hydrogen) atoms. The van der Waals surface area contributed by atoms with E-state index in [1.807, 2.05) is 16.0 Å². The molecule has 110 valence electrons. The van der Waals surface area contributed by atoms with Crippen molar-refractivity contribution in [2.24, 2.45) is 0 Å². The van der Waals surface area contributed by atoms with Crippen molar-refractivity contribution in [3.05, 3.63) is 39.8 Å². The van der Waals surface area contributed by atoms with Crippen LogP contribution in [-0.2, 0) is 6.42 Å². The minimum atomic E-state index is 0.380. The maximum atomic E-state index is 4.68. The van der Waals surface area contributed by atoms with Crippen LogP contribution < -0.4 is 5.32 Å². The van der Waals surface area contributed by atoms with Crippen LogP contribution in [0.1, 0.15) is 55.4 Å². The van der Waals surface area contributed by atoms with E-state index in [1.165, 1.54) is 16.1 Å². The maximum Gasteiger partial charge on any atom is 0.0644 e. The topological polar surface area (TPSA) is 29.9 Å². The van der Waals surface area contributed by atoms with E-state index >= 15 is 0 Å². The lowest BCUT2D eigenvalue weighted by atomic mass is 10.1. The molecule has 2 aromatic heterocycles. The van der Waals surface area contributed by atoms with Crippen molar-refractivity contribution in [1.82, 2.24) is 15.1 Å². The highest BCUT2D eigenvalue weighted by Gasteiger charge is 2.16. The lowest BCUT2D eigenvalue weighted by molar-refractivity contribution is 0.502. The molecule has 2 heterocycles. The third-order valence-electron chi connectivity index (χ3n) is 3.46. The second kappa shape index (κ2) is 7.04. The SMILES string of the molecule is CCCNC(Cc1ccn(C(C)C)n1)c1sccc1C. The number of aryl methyl sites for hydroxylation is 1. The Morgan fingerprint density at radius 1 is 1.35 bits per heavy atom. The fourth-order valence-electron chi connectivity index (χ4n) is 2.30. The molecular formula is C16H25N3S. The van der Waals surface area contributed by atoms with Crippen molar-refractivity contribution in [3.63, 3.8) is 0 Å². The van der Waals surface area contributed by atoms with Gasteiger partial charge in [0.25, 0.3) is 0 Å². The minimum absolute atomic E-state index is 0.380. The lowest BCUT2D eigenvalue weighted by Gasteiger charge is -2.17. The molecule has 0 spiro atoms. The molecule has 0 saturated heterocycles. The van der Waals surface area contributed by atoms with Crippen molar-refractivity contribution in [2.75, 3.05) is 6.54 Å². The van der Waals surface area contributed by atoms with Crippen LogP contribution in [-0.4, -0.2) is 16.3 Å².